The number of nitrogens with one attached hydrogen (secondary N) is 2. The highest BCUT2D eigenvalue weighted by Gasteiger charge is 2.43. The molecule has 0 radical (unpaired) electrons. The van der Waals surface area contributed by atoms with Crippen LogP contribution >= 0.6 is 24.0 Å². The number of fused-ring (bicyclic) bond motifs is 1. The molecule has 2 aliphatic rings. The third kappa shape index (κ3) is 5.00. The van der Waals surface area contributed by atoms with Crippen LogP contribution in [0.3, 0.4) is 0 Å². The van der Waals surface area contributed by atoms with Gasteiger partial charge in [-0.1, -0.05) is 18.2 Å². The van der Waals surface area contributed by atoms with Crippen molar-refractivity contribution in [2.24, 2.45) is 4.99 Å². The molecule has 1 aliphatic heterocycles. The number of guanidine groups is 1. The molecule has 6 heteroatoms. The molecular formula is C19H30IN3O2. The lowest BCUT2D eigenvalue weighted by Gasteiger charge is -2.40. The Morgan fingerprint density at radius 3 is 2.80 bits per heavy atom. The molecule has 140 valence electrons. The van der Waals surface area contributed by atoms with E-state index in [0.29, 0.717) is 6.61 Å². The largest absolute Gasteiger partial charge is 0.487 e. The molecule has 1 unspecified atom stereocenters. The van der Waals surface area contributed by atoms with Crippen LogP contribution in [-0.4, -0.2) is 38.4 Å². The van der Waals surface area contributed by atoms with Crippen LogP contribution in [0.5, 0.6) is 5.75 Å². The van der Waals surface area contributed by atoms with Gasteiger partial charge in [0.1, 0.15) is 11.4 Å². The molecule has 0 bridgehead atoms. The van der Waals surface area contributed by atoms with Crippen molar-refractivity contribution in [1.29, 1.82) is 0 Å². The molecule has 25 heavy (non-hydrogen) atoms. The van der Waals surface area contributed by atoms with Gasteiger partial charge < -0.3 is 20.1 Å². The van der Waals surface area contributed by atoms with Gasteiger partial charge in [0.15, 0.2) is 5.96 Å². The molecule has 1 heterocycles. The maximum Gasteiger partial charge on any atom is 0.191 e. The van der Waals surface area contributed by atoms with Crippen LogP contribution in [0.1, 0.15) is 50.6 Å². The SMILES string of the molecule is CCOCCNC(=NC)NC1CC2(CCCC2)Oc2ccccc21.I. The fraction of sp³-hybridized carbons (Fsp3) is 0.632. The average Bonchev–Trinajstić information content (AvgIpc) is 3.05. The molecule has 2 N–H and O–H groups in total. The zero-order valence-corrected chi connectivity index (χ0v) is 17.5. The van der Waals surface area contributed by atoms with Gasteiger partial charge >= 0.3 is 0 Å². The van der Waals surface area contributed by atoms with Gasteiger partial charge in [-0.15, -0.1) is 24.0 Å². The van der Waals surface area contributed by atoms with Crippen molar-refractivity contribution in [3.8, 4) is 5.75 Å². The van der Waals surface area contributed by atoms with Gasteiger partial charge in [0, 0.05) is 32.2 Å². The Labute approximate surface area is 168 Å². The molecule has 1 fully saturated rings. The number of aliphatic imine (C=N–C) groups is 1. The number of para-hydroxylation sites is 1. The number of hydrogen-bond acceptors (Lipinski definition) is 3. The van der Waals surface area contributed by atoms with E-state index in [9.17, 15) is 0 Å². The lowest BCUT2D eigenvalue weighted by Crippen LogP contribution is -2.47. The zero-order valence-electron chi connectivity index (χ0n) is 15.2. The van der Waals surface area contributed by atoms with Crippen LogP contribution in [0.15, 0.2) is 29.3 Å². The predicted molar refractivity (Wildman–Crippen MR) is 112 cm³/mol. The molecule has 1 atom stereocenters. The summed E-state index contributed by atoms with van der Waals surface area (Å²) in [5, 5.41) is 6.93. The molecule has 5 nitrogen and oxygen atoms in total. The smallest absolute Gasteiger partial charge is 0.191 e. The molecule has 1 aromatic carbocycles. The van der Waals surface area contributed by atoms with Gasteiger partial charge in [-0.3, -0.25) is 4.99 Å². The summed E-state index contributed by atoms with van der Waals surface area (Å²) >= 11 is 0. The quantitative estimate of drug-likeness (QED) is 0.306. The summed E-state index contributed by atoms with van der Waals surface area (Å²) in [5.74, 6) is 1.84. The van der Waals surface area contributed by atoms with Crippen molar-refractivity contribution in [3.05, 3.63) is 29.8 Å². The topological polar surface area (TPSA) is 54.9 Å². The number of rotatable bonds is 5. The molecule has 0 aromatic heterocycles. The van der Waals surface area contributed by atoms with Gasteiger partial charge in [0.25, 0.3) is 0 Å². The summed E-state index contributed by atoms with van der Waals surface area (Å²) in [5.41, 5.74) is 1.22. The second-order valence-corrected chi connectivity index (χ2v) is 6.63. The zero-order chi connectivity index (χ0) is 16.8. The highest BCUT2D eigenvalue weighted by molar-refractivity contribution is 14.0. The third-order valence-corrected chi connectivity index (χ3v) is 4.99. The van der Waals surface area contributed by atoms with Crippen LogP contribution in [0.4, 0.5) is 0 Å². The number of benzene rings is 1. The van der Waals surface area contributed by atoms with E-state index in [2.05, 4.69) is 39.9 Å². The van der Waals surface area contributed by atoms with Gasteiger partial charge in [0.05, 0.1) is 12.6 Å². The number of nitrogens with zero attached hydrogens (tertiary/aromatic N) is 1. The minimum absolute atomic E-state index is 0. The molecule has 3 rings (SSSR count). The van der Waals surface area contributed by atoms with Crippen LogP contribution in [0.25, 0.3) is 0 Å². The van der Waals surface area contributed by atoms with Crippen molar-refractivity contribution >= 4 is 29.9 Å². The van der Waals surface area contributed by atoms with Crippen molar-refractivity contribution in [3.63, 3.8) is 0 Å². The van der Waals surface area contributed by atoms with Crippen LogP contribution in [0, 0.1) is 0 Å². The van der Waals surface area contributed by atoms with Crippen molar-refractivity contribution in [1.82, 2.24) is 10.6 Å². The van der Waals surface area contributed by atoms with E-state index in [4.69, 9.17) is 9.47 Å². The summed E-state index contributed by atoms with van der Waals surface area (Å²) in [7, 11) is 1.81. The first-order valence-electron chi connectivity index (χ1n) is 9.09. The Morgan fingerprint density at radius 1 is 1.32 bits per heavy atom. The molecule has 0 amide bonds. The molecule has 1 aromatic rings. The first-order valence-corrected chi connectivity index (χ1v) is 9.09. The Morgan fingerprint density at radius 2 is 2.08 bits per heavy atom. The second-order valence-electron chi connectivity index (χ2n) is 6.63. The average molecular weight is 459 g/mol. The summed E-state index contributed by atoms with van der Waals surface area (Å²) in [6, 6.07) is 8.61. The number of hydrogen-bond donors (Lipinski definition) is 2. The normalized spacial score (nSPS) is 21.2. The minimum Gasteiger partial charge on any atom is -0.487 e. The van der Waals surface area contributed by atoms with E-state index >= 15 is 0 Å². The summed E-state index contributed by atoms with van der Waals surface area (Å²) in [4.78, 5) is 4.37. The van der Waals surface area contributed by atoms with Gasteiger partial charge in [-0.25, -0.2) is 0 Å². The predicted octanol–water partition coefficient (Wildman–Crippen LogP) is 3.64. The first-order chi connectivity index (χ1) is 11.8. The molecule has 1 spiro atoms. The highest BCUT2D eigenvalue weighted by atomic mass is 127. The Hall–Kier alpha value is -1.02. The van der Waals surface area contributed by atoms with Crippen LogP contribution < -0.4 is 15.4 Å². The highest BCUT2D eigenvalue weighted by Crippen LogP contribution is 2.46. The lowest BCUT2D eigenvalue weighted by atomic mass is 9.86. The molecule has 0 saturated heterocycles. The van der Waals surface area contributed by atoms with E-state index in [1.807, 2.05) is 14.0 Å². The Bertz CT molecular complexity index is 574. The van der Waals surface area contributed by atoms with E-state index in [1.165, 1.54) is 18.4 Å². The van der Waals surface area contributed by atoms with Gasteiger partial charge in [-0.2, -0.15) is 0 Å². The van der Waals surface area contributed by atoms with E-state index in [1.54, 1.807) is 0 Å². The fourth-order valence-corrected chi connectivity index (χ4v) is 3.82. The second kappa shape index (κ2) is 9.62. The summed E-state index contributed by atoms with van der Waals surface area (Å²) < 4.78 is 11.8. The van der Waals surface area contributed by atoms with E-state index in [0.717, 1.165) is 44.1 Å². The van der Waals surface area contributed by atoms with Crippen molar-refractivity contribution in [2.45, 2.75) is 50.7 Å². The fourth-order valence-electron chi connectivity index (χ4n) is 3.82. The van der Waals surface area contributed by atoms with Gasteiger partial charge in [0.2, 0.25) is 0 Å². The van der Waals surface area contributed by atoms with Crippen LogP contribution in [-0.2, 0) is 4.74 Å². The van der Waals surface area contributed by atoms with E-state index in [-0.39, 0.29) is 35.6 Å². The first kappa shape index (κ1) is 20.3. The Kier molecular flexibility index (Phi) is 7.81. The standard InChI is InChI=1S/C19H29N3O2.HI/c1-3-23-13-12-21-18(20-2)22-16-14-19(10-6-7-11-19)24-17-9-5-4-8-15(16)17;/h4-5,8-9,16H,3,6-7,10-14H2,1-2H3,(H2,20,21,22);1H. The number of halogens is 1. The van der Waals surface area contributed by atoms with Crippen molar-refractivity contribution in [2.75, 3.05) is 26.8 Å². The Balaban J connectivity index is 0.00000225. The van der Waals surface area contributed by atoms with E-state index < -0.39 is 0 Å². The minimum atomic E-state index is -0.00378. The molecule has 1 saturated carbocycles. The summed E-state index contributed by atoms with van der Waals surface area (Å²) in [6.07, 6.45) is 5.81. The lowest BCUT2D eigenvalue weighted by molar-refractivity contribution is 0.0395. The molecular weight excluding hydrogens is 429 g/mol. The summed E-state index contributed by atoms with van der Waals surface area (Å²) in [6.45, 7) is 4.19. The van der Waals surface area contributed by atoms with Gasteiger partial charge in [-0.05, 0) is 38.7 Å². The number of ether oxygens (including phenoxy) is 2. The van der Waals surface area contributed by atoms with Crippen LogP contribution in [0.2, 0.25) is 0 Å². The monoisotopic (exact) mass is 459 g/mol. The third-order valence-electron chi connectivity index (χ3n) is 4.99. The maximum absolute atomic E-state index is 6.42. The molecule has 1 aliphatic carbocycles. The van der Waals surface area contributed by atoms with Crippen molar-refractivity contribution < 1.29 is 9.47 Å². The maximum atomic E-state index is 6.42.